The third kappa shape index (κ3) is 3.89. The van der Waals surface area contributed by atoms with E-state index < -0.39 is 9.84 Å². The molecule has 6 heteroatoms. The van der Waals surface area contributed by atoms with Gasteiger partial charge < -0.3 is 4.42 Å². The predicted octanol–water partition coefficient (Wildman–Crippen LogP) is 3.67. The van der Waals surface area contributed by atoms with Gasteiger partial charge >= 0.3 is 0 Å². The van der Waals surface area contributed by atoms with E-state index in [0.29, 0.717) is 29.8 Å². The van der Waals surface area contributed by atoms with E-state index in [0.717, 1.165) is 11.8 Å². The van der Waals surface area contributed by atoms with Crippen molar-refractivity contribution in [1.29, 1.82) is 0 Å². The van der Waals surface area contributed by atoms with Gasteiger partial charge in [-0.15, -0.1) is 0 Å². The molecule has 1 aromatic carbocycles. The number of aryl methyl sites for hydroxylation is 2. The maximum absolute atomic E-state index is 13.9. The number of benzene rings is 1. The lowest BCUT2D eigenvalue weighted by molar-refractivity contribution is 0.563. The molecule has 0 fully saturated rings. The second kappa shape index (κ2) is 6.57. The van der Waals surface area contributed by atoms with E-state index in [2.05, 4.69) is 4.98 Å². The average molecular weight is 345 g/mol. The zero-order chi connectivity index (χ0) is 17.2. The van der Waals surface area contributed by atoms with Gasteiger partial charge in [0, 0.05) is 23.6 Å². The molecule has 0 aliphatic carbocycles. The second-order valence-corrected chi connectivity index (χ2v) is 7.61. The normalized spacial score (nSPS) is 11.6. The molecule has 124 valence electrons. The zero-order valence-electron chi connectivity index (χ0n) is 13.1. The molecule has 0 saturated carbocycles. The van der Waals surface area contributed by atoms with Crippen molar-refractivity contribution in [2.24, 2.45) is 0 Å². The summed E-state index contributed by atoms with van der Waals surface area (Å²) >= 11 is 0. The Morgan fingerprint density at radius 1 is 1.08 bits per heavy atom. The number of hydrogen-bond acceptors (Lipinski definition) is 4. The van der Waals surface area contributed by atoms with Gasteiger partial charge in [0.2, 0.25) is 0 Å². The van der Waals surface area contributed by atoms with E-state index in [-0.39, 0.29) is 10.7 Å². The van der Waals surface area contributed by atoms with Crippen LogP contribution in [-0.2, 0) is 22.7 Å². The molecule has 0 saturated heterocycles. The minimum Gasteiger partial charge on any atom is -0.472 e. The van der Waals surface area contributed by atoms with Crippen LogP contribution in [0.25, 0.3) is 11.3 Å². The Hall–Kier alpha value is -2.47. The van der Waals surface area contributed by atoms with Crippen LogP contribution in [0.5, 0.6) is 0 Å². The number of hydrogen-bond donors (Lipinski definition) is 0. The van der Waals surface area contributed by atoms with Crippen molar-refractivity contribution in [3.63, 3.8) is 0 Å². The SMILES string of the molecule is CS(=O)(=O)c1ccc(-c2cc(F)cc(CCc3ccoc3)n2)cc1. The molecule has 0 amide bonds. The van der Waals surface area contributed by atoms with Crippen molar-refractivity contribution in [3.05, 3.63) is 72.1 Å². The number of aromatic nitrogens is 1. The lowest BCUT2D eigenvalue weighted by Gasteiger charge is -2.06. The summed E-state index contributed by atoms with van der Waals surface area (Å²) in [6.07, 6.45) is 5.70. The van der Waals surface area contributed by atoms with Gasteiger partial charge in [0.25, 0.3) is 0 Å². The van der Waals surface area contributed by atoms with E-state index in [4.69, 9.17) is 4.42 Å². The lowest BCUT2D eigenvalue weighted by Crippen LogP contribution is -1.98. The van der Waals surface area contributed by atoms with Crippen LogP contribution in [0, 0.1) is 5.82 Å². The van der Waals surface area contributed by atoms with Gasteiger partial charge in [-0.25, -0.2) is 12.8 Å². The Bertz CT molecular complexity index is 933. The van der Waals surface area contributed by atoms with Gasteiger partial charge in [-0.1, -0.05) is 12.1 Å². The van der Waals surface area contributed by atoms with Gasteiger partial charge in [0.1, 0.15) is 5.82 Å². The summed E-state index contributed by atoms with van der Waals surface area (Å²) in [6.45, 7) is 0. The highest BCUT2D eigenvalue weighted by Crippen LogP contribution is 2.21. The molecule has 0 aliphatic rings. The van der Waals surface area contributed by atoms with Crippen molar-refractivity contribution in [3.8, 4) is 11.3 Å². The van der Waals surface area contributed by atoms with E-state index in [1.807, 2.05) is 6.07 Å². The Kier molecular flexibility index (Phi) is 4.49. The van der Waals surface area contributed by atoms with Crippen molar-refractivity contribution in [2.45, 2.75) is 17.7 Å². The zero-order valence-corrected chi connectivity index (χ0v) is 13.9. The molecular weight excluding hydrogens is 329 g/mol. The average Bonchev–Trinajstić information content (AvgIpc) is 3.05. The summed E-state index contributed by atoms with van der Waals surface area (Å²) < 4.78 is 41.9. The monoisotopic (exact) mass is 345 g/mol. The Morgan fingerprint density at radius 2 is 1.83 bits per heavy atom. The quantitative estimate of drug-likeness (QED) is 0.708. The first-order valence-corrected chi connectivity index (χ1v) is 9.29. The number of furan rings is 1. The smallest absolute Gasteiger partial charge is 0.175 e. The van der Waals surface area contributed by atoms with Crippen molar-refractivity contribution in [2.75, 3.05) is 6.26 Å². The molecule has 24 heavy (non-hydrogen) atoms. The Balaban J connectivity index is 1.85. The standard InChI is InChI=1S/C18H16FNO3S/c1-24(21,22)17-6-3-14(4-7-17)18-11-15(19)10-16(20-18)5-2-13-8-9-23-12-13/h3-4,6-12H,2,5H2,1H3. The van der Waals surface area contributed by atoms with Crippen molar-refractivity contribution >= 4 is 9.84 Å². The Labute approximate surface area is 139 Å². The molecule has 2 heterocycles. The number of sulfone groups is 1. The van der Waals surface area contributed by atoms with Crippen LogP contribution >= 0.6 is 0 Å². The largest absolute Gasteiger partial charge is 0.472 e. The van der Waals surface area contributed by atoms with Crippen LogP contribution in [0.3, 0.4) is 0 Å². The molecule has 4 nitrogen and oxygen atoms in total. The second-order valence-electron chi connectivity index (χ2n) is 5.59. The van der Waals surface area contributed by atoms with E-state index in [9.17, 15) is 12.8 Å². The molecule has 0 spiro atoms. The van der Waals surface area contributed by atoms with Gasteiger partial charge in [-0.3, -0.25) is 4.98 Å². The van der Waals surface area contributed by atoms with Crippen LogP contribution < -0.4 is 0 Å². The summed E-state index contributed by atoms with van der Waals surface area (Å²) in [5, 5.41) is 0. The van der Waals surface area contributed by atoms with Crippen LogP contribution in [-0.4, -0.2) is 19.7 Å². The first-order valence-electron chi connectivity index (χ1n) is 7.40. The van der Waals surface area contributed by atoms with Gasteiger partial charge in [0.05, 0.1) is 23.1 Å². The van der Waals surface area contributed by atoms with Crippen molar-refractivity contribution < 1.29 is 17.2 Å². The third-order valence-corrected chi connectivity index (χ3v) is 4.80. The van der Waals surface area contributed by atoms with Gasteiger partial charge in [-0.2, -0.15) is 0 Å². The first kappa shape index (κ1) is 16.4. The van der Waals surface area contributed by atoms with E-state index in [1.165, 1.54) is 24.3 Å². The number of rotatable bonds is 5. The fraction of sp³-hybridized carbons (Fsp3) is 0.167. The minimum absolute atomic E-state index is 0.225. The van der Waals surface area contributed by atoms with Crippen LogP contribution in [0.4, 0.5) is 4.39 Å². The number of pyridine rings is 1. The topological polar surface area (TPSA) is 60.2 Å². The highest BCUT2D eigenvalue weighted by molar-refractivity contribution is 7.90. The molecular formula is C18H16FNO3S. The summed E-state index contributed by atoms with van der Waals surface area (Å²) in [4.78, 5) is 4.70. The predicted molar refractivity (Wildman–Crippen MR) is 88.9 cm³/mol. The van der Waals surface area contributed by atoms with Crippen LogP contribution in [0.15, 0.2) is 64.3 Å². The molecule has 0 N–H and O–H groups in total. The fourth-order valence-corrected chi connectivity index (χ4v) is 3.04. The van der Waals surface area contributed by atoms with Crippen LogP contribution in [0.1, 0.15) is 11.3 Å². The number of nitrogens with zero attached hydrogens (tertiary/aromatic N) is 1. The molecule has 3 aromatic rings. The van der Waals surface area contributed by atoms with E-state index in [1.54, 1.807) is 24.7 Å². The summed E-state index contributed by atoms with van der Waals surface area (Å²) in [5.41, 5.74) is 2.82. The minimum atomic E-state index is -3.26. The van der Waals surface area contributed by atoms with Gasteiger partial charge in [-0.05, 0) is 42.7 Å². The fourth-order valence-electron chi connectivity index (χ4n) is 2.41. The molecule has 0 bridgehead atoms. The Morgan fingerprint density at radius 3 is 2.46 bits per heavy atom. The maximum atomic E-state index is 13.9. The summed E-state index contributed by atoms with van der Waals surface area (Å²) in [5.74, 6) is -0.366. The van der Waals surface area contributed by atoms with Crippen molar-refractivity contribution in [1.82, 2.24) is 4.98 Å². The first-order chi connectivity index (χ1) is 11.4. The van der Waals surface area contributed by atoms with Crippen LogP contribution in [0.2, 0.25) is 0 Å². The molecule has 0 radical (unpaired) electrons. The maximum Gasteiger partial charge on any atom is 0.175 e. The molecule has 0 unspecified atom stereocenters. The lowest BCUT2D eigenvalue weighted by atomic mass is 10.1. The van der Waals surface area contributed by atoms with Gasteiger partial charge in [0.15, 0.2) is 9.84 Å². The molecule has 0 atom stereocenters. The highest BCUT2D eigenvalue weighted by Gasteiger charge is 2.09. The summed E-state index contributed by atoms with van der Waals surface area (Å²) in [7, 11) is -3.26. The molecule has 0 aliphatic heterocycles. The molecule has 3 rings (SSSR count). The summed E-state index contributed by atoms with van der Waals surface area (Å²) in [6, 6.07) is 10.9. The number of halogens is 1. The van der Waals surface area contributed by atoms with E-state index >= 15 is 0 Å². The molecule has 2 aromatic heterocycles. The third-order valence-electron chi connectivity index (χ3n) is 3.67. The highest BCUT2D eigenvalue weighted by atomic mass is 32.2.